The summed E-state index contributed by atoms with van der Waals surface area (Å²) < 4.78 is 5.85. The third-order valence-corrected chi connectivity index (χ3v) is 2.92. The summed E-state index contributed by atoms with van der Waals surface area (Å²) in [5.41, 5.74) is 0.850. The molecule has 14 heavy (non-hydrogen) atoms. The molecule has 1 saturated carbocycles. The molecule has 0 N–H and O–H groups in total. The average Bonchev–Trinajstić information content (AvgIpc) is 2.47. The lowest BCUT2D eigenvalue weighted by Crippen LogP contribution is -2.24. The van der Waals surface area contributed by atoms with E-state index in [2.05, 4.69) is 26.7 Å². The first-order chi connectivity index (χ1) is 6.47. The summed E-state index contributed by atoms with van der Waals surface area (Å²) in [6.07, 6.45) is 5.32. The van der Waals surface area contributed by atoms with E-state index in [1.165, 1.54) is 6.42 Å². The predicted octanol–water partition coefficient (Wildman–Crippen LogP) is 3.84. The fourth-order valence-electron chi connectivity index (χ4n) is 1.93. The second-order valence-corrected chi connectivity index (χ2v) is 4.49. The van der Waals surface area contributed by atoms with Crippen LogP contribution in [0.3, 0.4) is 0 Å². The molecule has 0 amide bonds. The summed E-state index contributed by atoms with van der Waals surface area (Å²) in [4.78, 5) is 0. The quantitative estimate of drug-likeness (QED) is 0.373. The molecule has 0 saturated heterocycles. The Morgan fingerprint density at radius 1 is 1.50 bits per heavy atom. The predicted molar refractivity (Wildman–Crippen MR) is 61.0 cm³/mol. The Morgan fingerprint density at radius 3 is 2.57 bits per heavy atom. The summed E-state index contributed by atoms with van der Waals surface area (Å²) in [6, 6.07) is 0. The molecule has 2 unspecified atom stereocenters. The summed E-state index contributed by atoms with van der Waals surface area (Å²) in [6.45, 7) is 15.6. The fraction of sp³-hybridized carbons (Fsp3) is 0.538. The van der Waals surface area contributed by atoms with Gasteiger partial charge in [-0.05, 0) is 44.6 Å². The molecule has 1 nitrogen and oxygen atoms in total. The third kappa shape index (κ3) is 2.50. The normalized spacial score (nSPS) is 31.1. The van der Waals surface area contributed by atoms with E-state index in [1.54, 1.807) is 0 Å². The van der Waals surface area contributed by atoms with Gasteiger partial charge in [-0.25, -0.2) is 0 Å². The molecule has 78 valence electrons. The summed E-state index contributed by atoms with van der Waals surface area (Å²) >= 11 is 0. The Hall–Kier alpha value is -0.980. The average molecular weight is 192 g/mol. The van der Waals surface area contributed by atoms with E-state index in [-0.39, 0.29) is 5.60 Å². The third-order valence-electron chi connectivity index (χ3n) is 2.92. The van der Waals surface area contributed by atoms with E-state index >= 15 is 0 Å². The molecule has 1 fully saturated rings. The largest absolute Gasteiger partial charge is 0.488 e. The lowest BCUT2D eigenvalue weighted by Gasteiger charge is -2.27. The molecule has 1 aliphatic carbocycles. The van der Waals surface area contributed by atoms with Gasteiger partial charge in [0.05, 0.1) is 0 Å². The molecule has 0 aromatic heterocycles. The van der Waals surface area contributed by atoms with Gasteiger partial charge in [0.2, 0.25) is 0 Å². The lowest BCUT2D eigenvalue weighted by atomic mass is 10.0. The van der Waals surface area contributed by atoms with Crippen LogP contribution in [-0.2, 0) is 4.74 Å². The standard InChI is InChI=1S/C13H20O/c1-6-12-7-8-13(5,9-12)14-11(4)10(2)3/h6,12H,1-2,4,7-9H2,3,5H3. The van der Waals surface area contributed by atoms with Crippen molar-refractivity contribution in [1.82, 2.24) is 0 Å². The van der Waals surface area contributed by atoms with Gasteiger partial charge in [-0.15, -0.1) is 6.58 Å². The SMILES string of the molecule is C=CC1CCC(C)(OC(=C)C(=C)C)C1. The molecule has 1 rings (SSSR count). The van der Waals surface area contributed by atoms with Crippen LogP contribution in [0, 0.1) is 5.92 Å². The van der Waals surface area contributed by atoms with Gasteiger partial charge in [0, 0.05) is 0 Å². The minimum Gasteiger partial charge on any atom is -0.488 e. The topological polar surface area (TPSA) is 9.23 Å². The molecule has 0 aromatic rings. The molecular formula is C13H20O. The van der Waals surface area contributed by atoms with E-state index in [0.29, 0.717) is 5.92 Å². The highest BCUT2D eigenvalue weighted by molar-refractivity contribution is 5.17. The van der Waals surface area contributed by atoms with Crippen molar-refractivity contribution < 1.29 is 4.74 Å². The van der Waals surface area contributed by atoms with E-state index in [0.717, 1.165) is 24.2 Å². The van der Waals surface area contributed by atoms with Crippen LogP contribution < -0.4 is 0 Å². The first-order valence-electron chi connectivity index (χ1n) is 5.13. The number of ether oxygens (including phenoxy) is 1. The molecule has 0 bridgehead atoms. The highest BCUT2D eigenvalue weighted by Crippen LogP contribution is 2.39. The van der Waals surface area contributed by atoms with E-state index < -0.39 is 0 Å². The Bertz CT molecular complexity index is 264. The van der Waals surface area contributed by atoms with Crippen LogP contribution in [0.4, 0.5) is 0 Å². The molecule has 0 heterocycles. The van der Waals surface area contributed by atoms with Gasteiger partial charge < -0.3 is 4.74 Å². The van der Waals surface area contributed by atoms with E-state index in [4.69, 9.17) is 4.74 Å². The van der Waals surface area contributed by atoms with Crippen LogP contribution >= 0.6 is 0 Å². The van der Waals surface area contributed by atoms with Crippen LogP contribution in [0.5, 0.6) is 0 Å². The lowest BCUT2D eigenvalue weighted by molar-refractivity contribution is 0.0278. The van der Waals surface area contributed by atoms with Crippen LogP contribution in [0.15, 0.2) is 37.1 Å². The summed E-state index contributed by atoms with van der Waals surface area (Å²) in [5, 5.41) is 0. The molecule has 0 aromatic carbocycles. The molecule has 0 aliphatic heterocycles. The van der Waals surface area contributed by atoms with Crippen LogP contribution in [-0.4, -0.2) is 5.60 Å². The maximum Gasteiger partial charge on any atom is 0.115 e. The highest BCUT2D eigenvalue weighted by atomic mass is 16.5. The van der Waals surface area contributed by atoms with Gasteiger partial charge >= 0.3 is 0 Å². The van der Waals surface area contributed by atoms with Gasteiger partial charge in [-0.2, -0.15) is 0 Å². The minimum atomic E-state index is -0.0606. The fourth-order valence-corrected chi connectivity index (χ4v) is 1.93. The zero-order valence-electron chi connectivity index (χ0n) is 9.31. The second kappa shape index (κ2) is 4.04. The van der Waals surface area contributed by atoms with E-state index in [1.807, 2.05) is 13.0 Å². The van der Waals surface area contributed by atoms with Crippen molar-refractivity contribution in [2.24, 2.45) is 5.92 Å². The van der Waals surface area contributed by atoms with Gasteiger partial charge in [0.1, 0.15) is 11.4 Å². The highest BCUT2D eigenvalue weighted by Gasteiger charge is 2.35. The van der Waals surface area contributed by atoms with Crippen molar-refractivity contribution in [3.8, 4) is 0 Å². The Balaban J connectivity index is 2.56. The Morgan fingerprint density at radius 2 is 2.14 bits per heavy atom. The van der Waals surface area contributed by atoms with Crippen molar-refractivity contribution >= 4 is 0 Å². The van der Waals surface area contributed by atoms with Crippen molar-refractivity contribution in [3.05, 3.63) is 37.1 Å². The van der Waals surface area contributed by atoms with Crippen LogP contribution in [0.2, 0.25) is 0 Å². The van der Waals surface area contributed by atoms with Crippen LogP contribution in [0.1, 0.15) is 33.1 Å². The van der Waals surface area contributed by atoms with Gasteiger partial charge in [0.15, 0.2) is 0 Å². The van der Waals surface area contributed by atoms with Crippen molar-refractivity contribution in [2.75, 3.05) is 0 Å². The number of hydrogen-bond acceptors (Lipinski definition) is 1. The van der Waals surface area contributed by atoms with Crippen molar-refractivity contribution in [2.45, 2.75) is 38.7 Å². The molecule has 0 spiro atoms. The first kappa shape index (κ1) is 11.1. The monoisotopic (exact) mass is 192 g/mol. The summed E-state index contributed by atoms with van der Waals surface area (Å²) in [5.74, 6) is 1.31. The maximum absolute atomic E-state index is 5.85. The summed E-state index contributed by atoms with van der Waals surface area (Å²) in [7, 11) is 0. The second-order valence-electron chi connectivity index (χ2n) is 4.49. The molecule has 1 aliphatic rings. The Kier molecular flexibility index (Phi) is 3.20. The van der Waals surface area contributed by atoms with E-state index in [9.17, 15) is 0 Å². The number of rotatable bonds is 4. The zero-order valence-corrected chi connectivity index (χ0v) is 9.31. The molecule has 1 heteroatoms. The van der Waals surface area contributed by atoms with Crippen LogP contribution in [0.25, 0.3) is 0 Å². The number of allylic oxidation sites excluding steroid dienone is 2. The van der Waals surface area contributed by atoms with Gasteiger partial charge in [-0.3, -0.25) is 0 Å². The minimum absolute atomic E-state index is 0.0606. The van der Waals surface area contributed by atoms with Crippen molar-refractivity contribution in [3.63, 3.8) is 0 Å². The maximum atomic E-state index is 5.85. The number of hydrogen-bond donors (Lipinski definition) is 0. The smallest absolute Gasteiger partial charge is 0.115 e. The molecular weight excluding hydrogens is 172 g/mol. The molecule has 0 radical (unpaired) electrons. The Labute approximate surface area is 87.2 Å². The first-order valence-corrected chi connectivity index (χ1v) is 5.13. The zero-order chi connectivity index (χ0) is 10.8. The van der Waals surface area contributed by atoms with Gasteiger partial charge in [0.25, 0.3) is 0 Å². The molecule has 2 atom stereocenters. The van der Waals surface area contributed by atoms with Crippen molar-refractivity contribution in [1.29, 1.82) is 0 Å². The van der Waals surface area contributed by atoms with Gasteiger partial charge in [-0.1, -0.05) is 19.2 Å².